The molecule has 2 aliphatic rings. The summed E-state index contributed by atoms with van der Waals surface area (Å²) in [5, 5.41) is 3.30. The molecule has 5 rings (SSSR count). The fraction of sp³-hybridized carbons (Fsp3) is 0.310. The third-order valence-corrected chi connectivity index (χ3v) is 9.82. The number of ether oxygens (including phenoxy) is 1. The molecule has 210 valence electrons. The van der Waals surface area contributed by atoms with Crippen LogP contribution in [0.1, 0.15) is 18.4 Å². The Labute approximate surface area is 243 Å². The standard InChI is InChI=1S/C29H29Cl2N3O5S/c30-22-10-11-23(31)27(18-22)40(37,38)33-16-13-21(14-17-33)29(36)34-19-26(39-25-9-5-4-8-24(25)34)28(35)32-15-12-20-6-2-1-3-7-20/h1-11,18,21,26H,12-17,19H2,(H,32,35). The number of carbonyl (C=O) groups is 2. The minimum Gasteiger partial charge on any atom is -0.477 e. The number of piperidine rings is 1. The van der Waals surface area contributed by atoms with Crippen molar-refractivity contribution < 1.29 is 22.7 Å². The molecule has 40 heavy (non-hydrogen) atoms. The summed E-state index contributed by atoms with van der Waals surface area (Å²) in [6.45, 7) is 0.847. The second-order valence-electron chi connectivity index (χ2n) is 9.80. The van der Waals surface area contributed by atoms with Gasteiger partial charge in [0.2, 0.25) is 15.9 Å². The summed E-state index contributed by atoms with van der Waals surface area (Å²) < 4.78 is 33.8. The van der Waals surface area contributed by atoms with Crippen molar-refractivity contribution >= 4 is 50.7 Å². The highest BCUT2D eigenvalue weighted by atomic mass is 35.5. The number of carbonyl (C=O) groups excluding carboxylic acids is 2. The molecule has 0 aliphatic carbocycles. The Hall–Kier alpha value is -3.11. The second-order valence-corrected chi connectivity index (χ2v) is 12.6. The molecule has 1 saturated heterocycles. The van der Waals surface area contributed by atoms with Crippen molar-refractivity contribution in [2.75, 3.05) is 31.1 Å². The van der Waals surface area contributed by atoms with Crippen molar-refractivity contribution in [3.63, 3.8) is 0 Å². The number of nitrogens with one attached hydrogen (secondary N) is 1. The third-order valence-electron chi connectivity index (χ3n) is 7.20. The average Bonchev–Trinajstić information content (AvgIpc) is 2.98. The average molecular weight is 603 g/mol. The van der Waals surface area contributed by atoms with Gasteiger partial charge in [0.1, 0.15) is 10.6 Å². The molecule has 1 unspecified atom stereocenters. The number of hydrogen-bond donors (Lipinski definition) is 1. The molecule has 1 N–H and O–H groups in total. The van der Waals surface area contributed by atoms with Crippen molar-refractivity contribution in [3.05, 3.63) is 88.4 Å². The summed E-state index contributed by atoms with van der Waals surface area (Å²) in [6.07, 6.45) is 0.494. The van der Waals surface area contributed by atoms with E-state index in [4.69, 9.17) is 27.9 Å². The second kappa shape index (κ2) is 12.2. The smallest absolute Gasteiger partial charge is 0.262 e. The van der Waals surface area contributed by atoms with E-state index in [1.54, 1.807) is 23.1 Å². The van der Waals surface area contributed by atoms with Crippen LogP contribution in [0.2, 0.25) is 10.0 Å². The Kier molecular flexibility index (Phi) is 8.65. The maximum absolute atomic E-state index is 13.7. The Morgan fingerprint density at radius 1 is 0.950 bits per heavy atom. The van der Waals surface area contributed by atoms with Gasteiger partial charge < -0.3 is 15.0 Å². The maximum Gasteiger partial charge on any atom is 0.262 e. The van der Waals surface area contributed by atoms with Gasteiger partial charge in [-0.2, -0.15) is 4.31 Å². The van der Waals surface area contributed by atoms with Crippen LogP contribution in [0, 0.1) is 5.92 Å². The molecule has 11 heteroatoms. The normalized spacial score (nSPS) is 18.1. The molecule has 1 fully saturated rings. The van der Waals surface area contributed by atoms with Crippen LogP contribution in [0.3, 0.4) is 0 Å². The molecule has 2 heterocycles. The van der Waals surface area contributed by atoms with Crippen LogP contribution in [0.25, 0.3) is 0 Å². The topological polar surface area (TPSA) is 96.0 Å². The van der Waals surface area contributed by atoms with Gasteiger partial charge in [-0.05, 0) is 55.2 Å². The van der Waals surface area contributed by atoms with E-state index in [0.29, 0.717) is 37.2 Å². The predicted molar refractivity (Wildman–Crippen MR) is 154 cm³/mol. The SMILES string of the molecule is O=C(NCCc1ccccc1)C1CN(C(=O)C2CCN(S(=O)(=O)c3cc(Cl)ccc3Cl)CC2)c2ccccc2O1. The van der Waals surface area contributed by atoms with Crippen molar-refractivity contribution in [1.29, 1.82) is 0 Å². The van der Waals surface area contributed by atoms with E-state index in [9.17, 15) is 18.0 Å². The van der Waals surface area contributed by atoms with Gasteiger partial charge in [0, 0.05) is 30.6 Å². The highest BCUT2D eigenvalue weighted by Crippen LogP contribution is 2.36. The lowest BCUT2D eigenvalue weighted by molar-refractivity contribution is -0.129. The minimum atomic E-state index is -3.87. The molecular formula is C29H29Cl2N3O5S. The first kappa shape index (κ1) is 28.4. The lowest BCUT2D eigenvalue weighted by Crippen LogP contribution is -2.53. The van der Waals surface area contributed by atoms with Crippen LogP contribution < -0.4 is 15.0 Å². The minimum absolute atomic E-state index is 0.0466. The number of benzene rings is 3. The van der Waals surface area contributed by atoms with E-state index >= 15 is 0 Å². The van der Waals surface area contributed by atoms with Gasteiger partial charge in [-0.25, -0.2) is 8.42 Å². The van der Waals surface area contributed by atoms with E-state index in [0.717, 1.165) is 5.56 Å². The van der Waals surface area contributed by atoms with Crippen molar-refractivity contribution in [3.8, 4) is 5.75 Å². The number of amides is 2. The van der Waals surface area contributed by atoms with E-state index < -0.39 is 22.0 Å². The van der Waals surface area contributed by atoms with Crippen molar-refractivity contribution in [1.82, 2.24) is 9.62 Å². The van der Waals surface area contributed by atoms with Gasteiger partial charge in [0.25, 0.3) is 5.91 Å². The summed E-state index contributed by atoms with van der Waals surface area (Å²) in [4.78, 5) is 28.3. The number of para-hydroxylation sites is 2. The molecule has 1 atom stereocenters. The number of fused-ring (bicyclic) bond motifs is 1. The van der Waals surface area contributed by atoms with Gasteiger partial charge in [0.05, 0.1) is 17.3 Å². The molecule has 0 radical (unpaired) electrons. The molecule has 0 spiro atoms. The quantitative estimate of drug-likeness (QED) is 0.429. The first-order chi connectivity index (χ1) is 19.2. The van der Waals surface area contributed by atoms with E-state index in [1.165, 1.54) is 22.5 Å². The highest BCUT2D eigenvalue weighted by Gasteiger charge is 2.39. The number of nitrogens with zero attached hydrogens (tertiary/aromatic N) is 2. The van der Waals surface area contributed by atoms with Crippen LogP contribution in [0.4, 0.5) is 5.69 Å². The van der Waals surface area contributed by atoms with Gasteiger partial charge in [-0.1, -0.05) is 65.7 Å². The lowest BCUT2D eigenvalue weighted by atomic mass is 9.95. The Morgan fingerprint density at radius 2 is 1.65 bits per heavy atom. The van der Waals surface area contributed by atoms with Crippen molar-refractivity contribution in [2.45, 2.75) is 30.3 Å². The first-order valence-corrected chi connectivity index (χ1v) is 15.3. The summed E-state index contributed by atoms with van der Waals surface area (Å²) in [5.41, 5.74) is 1.71. The number of sulfonamides is 1. The summed E-state index contributed by atoms with van der Waals surface area (Å²) in [5.74, 6) is -0.395. The van der Waals surface area contributed by atoms with Gasteiger partial charge in [-0.15, -0.1) is 0 Å². The van der Waals surface area contributed by atoms with Gasteiger partial charge >= 0.3 is 0 Å². The van der Waals surface area contributed by atoms with Crippen LogP contribution in [-0.2, 0) is 26.0 Å². The Bertz CT molecular complexity index is 1490. The number of rotatable bonds is 7. The Balaban J connectivity index is 1.25. The monoisotopic (exact) mass is 601 g/mol. The van der Waals surface area contributed by atoms with Crippen LogP contribution in [0.15, 0.2) is 77.7 Å². The molecule has 2 aliphatic heterocycles. The fourth-order valence-corrected chi connectivity index (χ4v) is 7.25. The van der Waals surface area contributed by atoms with E-state index in [2.05, 4.69) is 5.32 Å². The highest BCUT2D eigenvalue weighted by molar-refractivity contribution is 7.89. The number of anilines is 1. The van der Waals surface area contributed by atoms with Crippen molar-refractivity contribution in [2.24, 2.45) is 5.92 Å². The number of halogens is 2. The van der Waals surface area contributed by atoms with Crippen LogP contribution in [0.5, 0.6) is 5.75 Å². The van der Waals surface area contributed by atoms with Gasteiger partial charge in [-0.3, -0.25) is 9.59 Å². The largest absolute Gasteiger partial charge is 0.477 e. The molecule has 0 saturated carbocycles. The zero-order valence-corrected chi connectivity index (χ0v) is 24.0. The first-order valence-electron chi connectivity index (χ1n) is 13.1. The summed E-state index contributed by atoms with van der Waals surface area (Å²) in [7, 11) is -3.87. The number of hydrogen-bond acceptors (Lipinski definition) is 5. The van der Waals surface area contributed by atoms with Crippen LogP contribution in [-0.4, -0.2) is 56.8 Å². The third kappa shape index (κ3) is 6.12. The molecule has 3 aromatic carbocycles. The fourth-order valence-electron chi connectivity index (χ4n) is 5.05. The maximum atomic E-state index is 13.7. The molecule has 8 nitrogen and oxygen atoms in total. The van der Waals surface area contributed by atoms with E-state index in [-0.39, 0.29) is 46.4 Å². The molecule has 3 aromatic rings. The molecule has 0 bridgehead atoms. The summed E-state index contributed by atoms with van der Waals surface area (Å²) >= 11 is 12.2. The zero-order valence-electron chi connectivity index (χ0n) is 21.6. The zero-order chi connectivity index (χ0) is 28.3. The summed E-state index contributed by atoms with van der Waals surface area (Å²) in [6, 6.07) is 21.3. The molecular weight excluding hydrogens is 573 g/mol. The Morgan fingerprint density at radius 3 is 2.40 bits per heavy atom. The lowest BCUT2D eigenvalue weighted by Gasteiger charge is -2.38. The van der Waals surface area contributed by atoms with Gasteiger partial charge in [0.15, 0.2) is 6.10 Å². The molecule has 2 amide bonds. The van der Waals surface area contributed by atoms with E-state index in [1.807, 2.05) is 36.4 Å². The van der Waals surface area contributed by atoms with Crippen LogP contribution >= 0.6 is 23.2 Å². The predicted octanol–water partition coefficient (Wildman–Crippen LogP) is 4.55. The molecule has 0 aromatic heterocycles.